The first-order valence-electron chi connectivity index (χ1n) is 1.47. The zero-order valence-corrected chi connectivity index (χ0v) is 5.60. The topological polar surface area (TPSA) is 74.3 Å². The summed E-state index contributed by atoms with van der Waals surface area (Å²) >= 11 is 0. The van der Waals surface area contributed by atoms with Crippen molar-refractivity contribution in [2.45, 2.75) is 0 Å². The fourth-order valence-electron chi connectivity index (χ4n) is 0.0827. The van der Waals surface area contributed by atoms with E-state index in [1.807, 2.05) is 0 Å². The minimum atomic E-state index is -0.0622. The van der Waals surface area contributed by atoms with Crippen molar-refractivity contribution < 1.29 is 0 Å². The SMILES string of the molecule is N=C(N)NP=NP. The molecule has 0 aromatic heterocycles. The molecule has 7 heavy (non-hydrogen) atoms. The highest BCUT2D eigenvalue weighted by Gasteiger charge is 1.74. The molecule has 0 saturated carbocycles. The van der Waals surface area contributed by atoms with Crippen LogP contribution < -0.4 is 10.8 Å². The number of guanidine groups is 1. The summed E-state index contributed by atoms with van der Waals surface area (Å²) < 4.78 is 3.53. The Labute approximate surface area is 45.6 Å². The van der Waals surface area contributed by atoms with Crippen molar-refractivity contribution in [2.75, 3.05) is 0 Å². The second-order valence-corrected chi connectivity index (χ2v) is 2.09. The Morgan fingerprint density at radius 1 is 2.00 bits per heavy atom. The van der Waals surface area contributed by atoms with E-state index in [4.69, 9.17) is 11.1 Å². The van der Waals surface area contributed by atoms with Crippen molar-refractivity contribution in [3.63, 3.8) is 0 Å². The predicted octanol–water partition coefficient (Wildman–Crippen LogP) is 0.304. The largest absolute Gasteiger partial charge is 0.370 e. The van der Waals surface area contributed by atoms with Crippen molar-refractivity contribution >= 4 is 23.9 Å². The van der Waals surface area contributed by atoms with E-state index in [1.54, 1.807) is 0 Å². The van der Waals surface area contributed by atoms with Gasteiger partial charge in [0.25, 0.3) is 0 Å². The van der Waals surface area contributed by atoms with Crippen molar-refractivity contribution in [3.05, 3.63) is 0 Å². The molecule has 0 rings (SSSR count). The average molecular weight is 136 g/mol. The molecule has 0 amide bonds. The Bertz CT molecular complexity index is 87.7. The van der Waals surface area contributed by atoms with E-state index in [-0.39, 0.29) is 5.96 Å². The van der Waals surface area contributed by atoms with Gasteiger partial charge in [-0.2, -0.15) is 0 Å². The Hall–Kier alpha value is -0.200. The molecule has 0 radical (unpaired) electrons. The van der Waals surface area contributed by atoms with E-state index in [9.17, 15) is 0 Å². The van der Waals surface area contributed by atoms with Crippen LogP contribution in [0.1, 0.15) is 0 Å². The lowest BCUT2D eigenvalue weighted by Gasteiger charge is -1.87. The van der Waals surface area contributed by atoms with Gasteiger partial charge in [-0.3, -0.25) is 10.5 Å². The molecular weight excluding hydrogens is 130 g/mol. The molecular formula is CH6N4P2. The highest BCUT2D eigenvalue weighted by Crippen LogP contribution is 1.95. The van der Waals surface area contributed by atoms with Crippen LogP contribution >= 0.6 is 17.9 Å². The Morgan fingerprint density at radius 2 is 2.57 bits per heavy atom. The molecule has 0 spiro atoms. The van der Waals surface area contributed by atoms with Crippen LogP contribution in [-0.2, 0) is 0 Å². The molecule has 0 aliphatic rings. The number of rotatable bonds is 1. The summed E-state index contributed by atoms with van der Waals surface area (Å²) in [6, 6.07) is 0. The van der Waals surface area contributed by atoms with Gasteiger partial charge in [-0.25, -0.2) is 4.52 Å². The number of nitrogens with one attached hydrogen (secondary N) is 2. The first-order chi connectivity index (χ1) is 3.27. The number of nitrogens with zero attached hydrogens (tertiary/aromatic N) is 1. The Balaban J connectivity index is 3.14. The zero-order chi connectivity index (χ0) is 5.70. The van der Waals surface area contributed by atoms with Crippen LogP contribution in [0.2, 0.25) is 0 Å². The molecule has 0 saturated heterocycles. The molecule has 4 nitrogen and oxygen atoms in total. The highest BCUT2D eigenvalue weighted by molar-refractivity contribution is 7.34. The lowest BCUT2D eigenvalue weighted by atomic mass is 11.1. The van der Waals surface area contributed by atoms with E-state index >= 15 is 0 Å². The molecule has 0 aliphatic carbocycles. The van der Waals surface area contributed by atoms with Crippen LogP contribution in [-0.4, -0.2) is 5.96 Å². The molecule has 1 unspecified atom stereocenters. The summed E-state index contributed by atoms with van der Waals surface area (Å²) in [5.74, 6) is -0.0622. The quantitative estimate of drug-likeness (QED) is 0.275. The lowest BCUT2D eigenvalue weighted by Crippen LogP contribution is -2.21. The second-order valence-electron chi connectivity index (χ2n) is 0.741. The third kappa shape index (κ3) is 5.80. The maximum atomic E-state index is 6.59. The van der Waals surface area contributed by atoms with Crippen molar-refractivity contribution in [2.24, 2.45) is 10.2 Å². The van der Waals surface area contributed by atoms with Crippen LogP contribution in [0.25, 0.3) is 0 Å². The van der Waals surface area contributed by atoms with E-state index in [0.717, 1.165) is 0 Å². The zero-order valence-electron chi connectivity index (χ0n) is 3.55. The summed E-state index contributed by atoms with van der Waals surface area (Å²) in [6.45, 7) is 0. The van der Waals surface area contributed by atoms with Crippen LogP contribution in [0.3, 0.4) is 0 Å². The molecule has 0 aromatic carbocycles. The van der Waals surface area contributed by atoms with Crippen molar-refractivity contribution in [3.8, 4) is 0 Å². The minimum absolute atomic E-state index is 0.0622. The van der Waals surface area contributed by atoms with Crippen LogP contribution in [0, 0.1) is 5.41 Å². The maximum absolute atomic E-state index is 6.59. The van der Waals surface area contributed by atoms with E-state index in [2.05, 4.69) is 19.0 Å². The van der Waals surface area contributed by atoms with Crippen molar-refractivity contribution in [1.29, 1.82) is 5.41 Å². The van der Waals surface area contributed by atoms with E-state index in [1.165, 1.54) is 0 Å². The summed E-state index contributed by atoms with van der Waals surface area (Å²) in [4.78, 5) is 0. The Morgan fingerprint density at radius 3 is 2.71 bits per heavy atom. The third-order valence-corrected chi connectivity index (χ3v) is 1.03. The van der Waals surface area contributed by atoms with Gasteiger partial charge < -0.3 is 5.73 Å². The Kier molecular flexibility index (Phi) is 3.86. The number of nitrogens with two attached hydrogens (primary N) is 1. The first-order valence-corrected chi connectivity index (χ1v) is 2.83. The van der Waals surface area contributed by atoms with Gasteiger partial charge in [0.2, 0.25) is 0 Å². The van der Waals surface area contributed by atoms with E-state index in [0.29, 0.717) is 8.52 Å². The molecule has 0 heterocycles. The molecule has 40 valence electrons. The molecule has 0 aromatic rings. The van der Waals surface area contributed by atoms with Crippen molar-refractivity contribution in [1.82, 2.24) is 5.09 Å². The van der Waals surface area contributed by atoms with Gasteiger partial charge in [-0.1, -0.05) is 0 Å². The van der Waals surface area contributed by atoms with Crippen LogP contribution in [0.4, 0.5) is 0 Å². The standard InChI is InChI=1S/CH6N4P2/c2-1(3)4-7-5-6/h6H2,(H4,2,3,4,5). The van der Waals surface area contributed by atoms with Gasteiger partial charge in [-0.15, -0.1) is 0 Å². The summed E-state index contributed by atoms with van der Waals surface area (Å²) in [7, 11) is 2.74. The molecule has 6 heteroatoms. The fourth-order valence-corrected chi connectivity index (χ4v) is 0.421. The molecule has 1 atom stereocenters. The molecule has 4 N–H and O–H groups in total. The maximum Gasteiger partial charge on any atom is 0.194 e. The smallest absolute Gasteiger partial charge is 0.194 e. The van der Waals surface area contributed by atoms with Gasteiger partial charge >= 0.3 is 0 Å². The normalized spacial score (nSPS) is 9.29. The molecule has 0 fully saturated rings. The van der Waals surface area contributed by atoms with Crippen LogP contribution in [0.5, 0.6) is 0 Å². The van der Waals surface area contributed by atoms with Gasteiger partial charge in [0.15, 0.2) is 5.96 Å². The average Bonchev–Trinajstić information content (AvgIpc) is 1.61. The molecule has 0 aliphatic heterocycles. The predicted molar refractivity (Wildman–Crippen MR) is 34.1 cm³/mol. The summed E-state index contributed by atoms with van der Waals surface area (Å²) in [5, 5.41) is 9.03. The van der Waals surface area contributed by atoms with Gasteiger partial charge in [0.05, 0.1) is 0 Å². The minimum Gasteiger partial charge on any atom is -0.370 e. The van der Waals surface area contributed by atoms with Crippen LogP contribution in [0.15, 0.2) is 4.52 Å². The number of hydrogen-bond donors (Lipinski definition) is 3. The number of hydrogen-bond acceptors (Lipinski definition) is 2. The van der Waals surface area contributed by atoms with Gasteiger partial charge in [0.1, 0.15) is 8.52 Å². The second kappa shape index (κ2) is 3.97. The van der Waals surface area contributed by atoms with Gasteiger partial charge in [-0.05, 0) is 9.39 Å². The first kappa shape index (κ1) is 6.80. The molecule has 0 bridgehead atoms. The van der Waals surface area contributed by atoms with E-state index < -0.39 is 0 Å². The fraction of sp³-hybridized carbons (Fsp3) is 0. The highest BCUT2D eigenvalue weighted by atomic mass is 31.1. The van der Waals surface area contributed by atoms with Gasteiger partial charge in [0, 0.05) is 0 Å². The third-order valence-electron chi connectivity index (χ3n) is 0.228. The monoisotopic (exact) mass is 136 g/mol. The lowest BCUT2D eigenvalue weighted by molar-refractivity contribution is 1.32. The summed E-state index contributed by atoms with van der Waals surface area (Å²) in [6.07, 6.45) is 0. The summed E-state index contributed by atoms with van der Waals surface area (Å²) in [5.41, 5.74) is 4.87.